The van der Waals surface area contributed by atoms with Crippen LogP contribution in [0.5, 0.6) is 0 Å². The summed E-state index contributed by atoms with van der Waals surface area (Å²) in [5, 5.41) is 8.79. The summed E-state index contributed by atoms with van der Waals surface area (Å²) in [5.41, 5.74) is 2.10. The summed E-state index contributed by atoms with van der Waals surface area (Å²) in [6.07, 6.45) is 4.02. The van der Waals surface area contributed by atoms with Gasteiger partial charge in [-0.2, -0.15) is 11.8 Å². The van der Waals surface area contributed by atoms with E-state index in [4.69, 9.17) is 5.11 Å². The second kappa shape index (κ2) is 6.35. The predicted octanol–water partition coefficient (Wildman–Crippen LogP) is 3.51. The number of aliphatic carboxylic acids is 1. The molecule has 4 heteroatoms. The van der Waals surface area contributed by atoms with Crippen LogP contribution in [0.1, 0.15) is 25.8 Å². The van der Waals surface area contributed by atoms with Gasteiger partial charge in [0.15, 0.2) is 0 Å². The fourth-order valence-electron chi connectivity index (χ4n) is 2.34. The average Bonchev–Trinajstić information content (AvgIpc) is 2.58. The van der Waals surface area contributed by atoms with Crippen LogP contribution in [0.4, 0.5) is 5.69 Å². The van der Waals surface area contributed by atoms with Gasteiger partial charge in [0.1, 0.15) is 0 Å². The van der Waals surface area contributed by atoms with Crippen LogP contribution in [-0.2, 0) is 4.79 Å². The lowest BCUT2D eigenvalue weighted by Gasteiger charge is -2.25. The molecule has 0 radical (unpaired) electrons. The molecule has 1 heterocycles. The van der Waals surface area contributed by atoms with Crippen molar-refractivity contribution in [2.75, 3.05) is 23.7 Å². The van der Waals surface area contributed by atoms with Gasteiger partial charge in [-0.05, 0) is 24.1 Å². The third-order valence-corrected chi connectivity index (χ3v) is 4.89. The third-order valence-electron chi connectivity index (χ3n) is 3.52. The molecule has 1 saturated heterocycles. The summed E-state index contributed by atoms with van der Waals surface area (Å²) in [4.78, 5) is 13.1. The largest absolute Gasteiger partial charge is 0.478 e. The number of benzene rings is 1. The highest BCUT2D eigenvalue weighted by Gasteiger charge is 2.24. The Kier molecular flexibility index (Phi) is 4.76. The number of anilines is 1. The maximum atomic E-state index is 10.7. The van der Waals surface area contributed by atoms with Crippen LogP contribution in [0, 0.1) is 0 Å². The first-order chi connectivity index (χ1) is 9.48. The molecule has 0 spiro atoms. The topological polar surface area (TPSA) is 40.5 Å². The average molecular weight is 291 g/mol. The number of hydrogen-bond acceptors (Lipinski definition) is 3. The fraction of sp³-hybridized carbons (Fsp3) is 0.438. The van der Waals surface area contributed by atoms with Crippen molar-refractivity contribution in [3.05, 3.63) is 35.9 Å². The summed E-state index contributed by atoms with van der Waals surface area (Å²) >= 11 is 2.01. The van der Waals surface area contributed by atoms with Crippen molar-refractivity contribution in [3.63, 3.8) is 0 Å². The minimum Gasteiger partial charge on any atom is -0.478 e. The van der Waals surface area contributed by atoms with Gasteiger partial charge in [0.05, 0.1) is 0 Å². The van der Waals surface area contributed by atoms with Gasteiger partial charge in [-0.15, -0.1) is 0 Å². The van der Waals surface area contributed by atoms with Crippen LogP contribution in [-0.4, -0.2) is 34.7 Å². The number of hydrogen-bond donors (Lipinski definition) is 1. The number of para-hydroxylation sites is 1. The lowest BCUT2D eigenvalue weighted by atomic mass is 10.1. The number of rotatable bonds is 3. The van der Waals surface area contributed by atoms with E-state index in [-0.39, 0.29) is 0 Å². The van der Waals surface area contributed by atoms with E-state index in [0.717, 1.165) is 36.5 Å². The highest BCUT2D eigenvalue weighted by molar-refractivity contribution is 8.00. The molecule has 1 aliphatic rings. The molecule has 0 aromatic heterocycles. The van der Waals surface area contributed by atoms with Crippen molar-refractivity contribution < 1.29 is 9.90 Å². The number of carboxylic acids is 1. The van der Waals surface area contributed by atoms with Crippen molar-refractivity contribution >= 4 is 29.5 Å². The van der Waals surface area contributed by atoms with E-state index in [1.165, 1.54) is 6.08 Å². The molecule has 0 unspecified atom stereocenters. The lowest BCUT2D eigenvalue weighted by Crippen LogP contribution is -2.27. The SMILES string of the molecule is CC1(C)CCN(c2ccccc2/C=C/C(=O)O)CCS1. The van der Waals surface area contributed by atoms with Gasteiger partial charge in [-0.25, -0.2) is 4.79 Å². The van der Waals surface area contributed by atoms with Gasteiger partial charge < -0.3 is 10.0 Å². The molecule has 0 aliphatic carbocycles. The first-order valence-corrected chi connectivity index (χ1v) is 7.85. The van der Waals surface area contributed by atoms with Crippen molar-refractivity contribution in [1.82, 2.24) is 0 Å². The molecule has 0 saturated carbocycles. The summed E-state index contributed by atoms with van der Waals surface area (Å²) in [7, 11) is 0. The second-order valence-corrected chi connectivity index (χ2v) is 7.38. The molecule has 0 atom stereocenters. The van der Waals surface area contributed by atoms with Gasteiger partial charge in [0, 0.05) is 35.4 Å². The van der Waals surface area contributed by atoms with E-state index in [1.807, 2.05) is 30.0 Å². The van der Waals surface area contributed by atoms with Crippen molar-refractivity contribution in [2.24, 2.45) is 0 Å². The monoisotopic (exact) mass is 291 g/mol. The Morgan fingerprint density at radius 1 is 1.35 bits per heavy atom. The van der Waals surface area contributed by atoms with E-state index < -0.39 is 5.97 Å². The molecule has 3 nitrogen and oxygen atoms in total. The molecule has 1 fully saturated rings. The Hall–Kier alpha value is -1.42. The minimum atomic E-state index is -0.910. The highest BCUT2D eigenvalue weighted by Crippen LogP contribution is 2.33. The van der Waals surface area contributed by atoms with Gasteiger partial charge in [0.25, 0.3) is 0 Å². The molecule has 0 bridgehead atoms. The van der Waals surface area contributed by atoms with Crippen molar-refractivity contribution in [3.8, 4) is 0 Å². The van der Waals surface area contributed by atoms with Gasteiger partial charge in [-0.3, -0.25) is 0 Å². The summed E-state index contributed by atoms with van der Waals surface area (Å²) in [5.74, 6) is 0.191. The first-order valence-electron chi connectivity index (χ1n) is 6.87. The van der Waals surface area contributed by atoms with E-state index in [9.17, 15) is 4.79 Å². The minimum absolute atomic E-state index is 0.320. The van der Waals surface area contributed by atoms with E-state index in [0.29, 0.717) is 4.75 Å². The Balaban J connectivity index is 2.21. The third kappa shape index (κ3) is 4.04. The molecular formula is C16H21NO2S. The Bertz CT molecular complexity index is 511. The van der Waals surface area contributed by atoms with E-state index >= 15 is 0 Å². The molecule has 1 N–H and O–H groups in total. The number of carboxylic acid groups (broad SMARTS) is 1. The maximum absolute atomic E-state index is 10.7. The van der Waals surface area contributed by atoms with E-state index in [1.54, 1.807) is 6.08 Å². The van der Waals surface area contributed by atoms with Gasteiger partial charge in [-0.1, -0.05) is 32.0 Å². The molecule has 0 amide bonds. The zero-order valence-corrected chi connectivity index (χ0v) is 12.8. The summed E-state index contributed by atoms with van der Waals surface area (Å²) in [6, 6.07) is 8.00. The van der Waals surface area contributed by atoms with Crippen molar-refractivity contribution in [2.45, 2.75) is 25.0 Å². The second-order valence-electron chi connectivity index (χ2n) is 5.58. The standard InChI is InChI=1S/C16H21NO2S/c1-16(2)9-10-17(11-12-20-16)14-6-4-3-5-13(14)7-8-15(18)19/h3-8H,9-12H2,1-2H3,(H,18,19)/b8-7+. The summed E-state index contributed by atoms with van der Waals surface area (Å²) < 4.78 is 0.320. The van der Waals surface area contributed by atoms with Crippen molar-refractivity contribution in [1.29, 1.82) is 0 Å². The highest BCUT2D eigenvalue weighted by atomic mass is 32.2. The molecule has 2 rings (SSSR count). The van der Waals surface area contributed by atoms with Gasteiger partial charge >= 0.3 is 5.97 Å². The maximum Gasteiger partial charge on any atom is 0.328 e. The van der Waals surface area contributed by atoms with Crippen LogP contribution in [0.25, 0.3) is 6.08 Å². The van der Waals surface area contributed by atoms with E-state index in [2.05, 4.69) is 24.8 Å². The Morgan fingerprint density at radius 2 is 2.10 bits per heavy atom. The predicted molar refractivity (Wildman–Crippen MR) is 86.5 cm³/mol. The first kappa shape index (κ1) is 15.0. The van der Waals surface area contributed by atoms with Crippen LogP contribution in [0.15, 0.2) is 30.3 Å². The number of carbonyl (C=O) groups is 1. The van der Waals surface area contributed by atoms with Gasteiger partial charge in [0.2, 0.25) is 0 Å². The Morgan fingerprint density at radius 3 is 2.85 bits per heavy atom. The van der Waals surface area contributed by atoms with Crippen LogP contribution >= 0.6 is 11.8 Å². The smallest absolute Gasteiger partial charge is 0.328 e. The lowest BCUT2D eigenvalue weighted by molar-refractivity contribution is -0.131. The van der Waals surface area contributed by atoms with Crippen LogP contribution < -0.4 is 4.90 Å². The molecule has 20 heavy (non-hydrogen) atoms. The zero-order chi connectivity index (χ0) is 14.6. The number of thioether (sulfide) groups is 1. The summed E-state index contributed by atoms with van der Waals surface area (Å²) in [6.45, 7) is 6.60. The van der Waals surface area contributed by atoms with Crippen LogP contribution in [0.3, 0.4) is 0 Å². The molecule has 1 aromatic carbocycles. The van der Waals surface area contributed by atoms with Crippen LogP contribution in [0.2, 0.25) is 0 Å². The molecule has 108 valence electrons. The normalized spacial score (nSPS) is 19.0. The number of nitrogens with zero attached hydrogens (tertiary/aromatic N) is 1. The zero-order valence-electron chi connectivity index (χ0n) is 12.0. The Labute approximate surface area is 124 Å². The molecule has 1 aromatic rings. The molecular weight excluding hydrogens is 270 g/mol. The fourth-order valence-corrected chi connectivity index (χ4v) is 3.44. The molecule has 1 aliphatic heterocycles. The quantitative estimate of drug-likeness (QED) is 0.865.